The molecule has 1 atom stereocenters. The molecule has 12 heteroatoms. The minimum Gasteiger partial charge on any atom is -0.481 e. The molecule has 0 amide bonds. The number of benzene rings is 2. The Balaban J connectivity index is 1.78. The van der Waals surface area contributed by atoms with E-state index < -0.39 is 49.5 Å². The quantitative estimate of drug-likeness (QED) is 0.175. The van der Waals surface area contributed by atoms with Crippen molar-refractivity contribution in [3.63, 3.8) is 0 Å². The van der Waals surface area contributed by atoms with Gasteiger partial charge in [0.25, 0.3) is 0 Å². The fourth-order valence-electron chi connectivity index (χ4n) is 4.97. The highest BCUT2D eigenvalue weighted by atomic mass is 16.7. The monoisotopic (exact) mass is 542 g/mol. The molecule has 0 aliphatic heterocycles. The first-order valence-electron chi connectivity index (χ1n) is 12.4. The fourth-order valence-corrected chi connectivity index (χ4v) is 4.97. The second kappa shape index (κ2) is 11.0. The predicted molar refractivity (Wildman–Crippen MR) is 137 cm³/mol. The molecule has 0 spiro atoms. The molecule has 0 fully saturated rings. The van der Waals surface area contributed by atoms with Gasteiger partial charge < -0.3 is 34.7 Å². The Bertz CT molecular complexity index is 1470. The first-order valence-corrected chi connectivity index (χ1v) is 12.4. The Morgan fingerprint density at radius 1 is 1.13 bits per heavy atom. The van der Waals surface area contributed by atoms with E-state index in [-0.39, 0.29) is 16.9 Å². The third kappa shape index (κ3) is 5.58. The number of hydroxylamine groups is 1. The number of aryl methyl sites for hydroxylation is 2. The van der Waals surface area contributed by atoms with E-state index in [1.807, 2.05) is 12.1 Å². The number of carboxylic acids is 1. The van der Waals surface area contributed by atoms with Crippen LogP contribution in [-0.2, 0) is 35.9 Å². The van der Waals surface area contributed by atoms with Gasteiger partial charge in [-0.3, -0.25) is 14.4 Å². The van der Waals surface area contributed by atoms with Crippen LogP contribution in [0.2, 0.25) is 0 Å². The molecule has 0 saturated carbocycles. The number of carbonyl (C=O) groups is 4. The first-order chi connectivity index (χ1) is 18.4. The molecule has 0 saturated heterocycles. The molecule has 12 nitrogen and oxygen atoms in total. The highest BCUT2D eigenvalue weighted by Crippen LogP contribution is 2.50. The number of hydrogen-bond donors (Lipinski definition) is 4. The van der Waals surface area contributed by atoms with E-state index in [0.717, 1.165) is 24.0 Å². The van der Waals surface area contributed by atoms with Gasteiger partial charge in [-0.25, -0.2) is 4.79 Å². The summed E-state index contributed by atoms with van der Waals surface area (Å²) in [5, 5.41) is 19.9. The van der Waals surface area contributed by atoms with Gasteiger partial charge in [0.1, 0.15) is 12.1 Å². The molecule has 0 radical (unpaired) electrons. The van der Waals surface area contributed by atoms with E-state index in [4.69, 9.17) is 24.7 Å². The highest BCUT2D eigenvalue weighted by Gasteiger charge is 2.33. The molecule has 208 valence electrons. The third-order valence-electron chi connectivity index (χ3n) is 6.78. The summed E-state index contributed by atoms with van der Waals surface area (Å²) in [5.41, 5.74) is 10.5. The summed E-state index contributed by atoms with van der Waals surface area (Å²) >= 11 is 0. The predicted octanol–water partition coefficient (Wildman–Crippen LogP) is 2.16. The van der Waals surface area contributed by atoms with Crippen LogP contribution in [0.5, 0.6) is 11.5 Å². The Morgan fingerprint density at radius 3 is 2.51 bits per heavy atom. The number of ether oxygens (including phenoxy) is 2. The van der Waals surface area contributed by atoms with Gasteiger partial charge in [-0.05, 0) is 48.3 Å². The van der Waals surface area contributed by atoms with Crippen molar-refractivity contribution >= 4 is 45.6 Å². The average molecular weight is 543 g/mol. The van der Waals surface area contributed by atoms with Crippen molar-refractivity contribution in [3.8, 4) is 11.5 Å². The Morgan fingerprint density at radius 2 is 1.82 bits per heavy atom. The number of esters is 2. The molecule has 1 aliphatic rings. The number of furan rings is 1. The first kappa shape index (κ1) is 28.0. The lowest BCUT2D eigenvalue weighted by Crippen LogP contribution is -2.34. The van der Waals surface area contributed by atoms with E-state index in [2.05, 4.69) is 24.2 Å². The normalized spacial score (nSPS) is 15.0. The van der Waals surface area contributed by atoms with Gasteiger partial charge in [-0.15, -0.1) is 5.48 Å². The average Bonchev–Trinajstić information content (AvgIpc) is 3.26. The summed E-state index contributed by atoms with van der Waals surface area (Å²) in [7, 11) is 0. The largest absolute Gasteiger partial charge is 0.481 e. The van der Waals surface area contributed by atoms with Gasteiger partial charge >= 0.3 is 23.9 Å². The van der Waals surface area contributed by atoms with E-state index in [9.17, 15) is 24.3 Å². The minimum absolute atomic E-state index is 0.00221. The van der Waals surface area contributed by atoms with Gasteiger partial charge in [-0.1, -0.05) is 26.0 Å². The molecule has 1 aliphatic carbocycles. The van der Waals surface area contributed by atoms with Crippen LogP contribution in [0, 0.1) is 6.92 Å². The van der Waals surface area contributed by atoms with Crippen molar-refractivity contribution in [2.24, 2.45) is 5.73 Å². The molecule has 1 unspecified atom stereocenters. The number of fused-ring (bicyclic) bond motifs is 5. The van der Waals surface area contributed by atoms with Crippen molar-refractivity contribution in [2.75, 3.05) is 13.1 Å². The minimum atomic E-state index is -1.92. The number of aliphatic carboxylic acids is 1. The number of nitrogens with two attached hydrogens (primary N) is 1. The van der Waals surface area contributed by atoms with E-state index in [1.54, 1.807) is 6.92 Å². The van der Waals surface area contributed by atoms with Crippen LogP contribution >= 0.6 is 0 Å². The summed E-state index contributed by atoms with van der Waals surface area (Å²) in [6.07, 6.45) is 1.27. The van der Waals surface area contributed by atoms with Crippen molar-refractivity contribution in [3.05, 3.63) is 35.1 Å². The molecule has 5 N–H and O–H groups in total. The summed E-state index contributed by atoms with van der Waals surface area (Å²) in [4.78, 5) is 52.3. The number of hydrogen-bond acceptors (Lipinski definition) is 11. The topological polar surface area (TPSA) is 188 Å². The molecule has 3 aromatic rings. The maximum absolute atomic E-state index is 12.9. The molecule has 1 aromatic heterocycles. The van der Waals surface area contributed by atoms with Crippen LogP contribution in [0.4, 0.5) is 0 Å². The van der Waals surface area contributed by atoms with Crippen molar-refractivity contribution < 1.29 is 48.1 Å². The standard InChI is InChI=1S/C27H30N2O10/c1-13-12-36-23-15-6-7-16-14(5-4-8-27(16,2)3)22(15)25(24(21(13)23)37-19(33)10-28)38-20(34)11-29-39-26(35)17(30)9-18(31)32/h6-7,12,17,29-30H,4-5,8-11,28H2,1-3H3,(H,31,32). The van der Waals surface area contributed by atoms with Crippen LogP contribution in [0.15, 0.2) is 22.8 Å². The van der Waals surface area contributed by atoms with Gasteiger partial charge in [0.05, 0.1) is 24.6 Å². The zero-order chi connectivity index (χ0) is 28.5. The van der Waals surface area contributed by atoms with E-state index in [1.165, 1.54) is 6.26 Å². The van der Waals surface area contributed by atoms with Crippen molar-refractivity contribution in [1.29, 1.82) is 0 Å². The van der Waals surface area contributed by atoms with E-state index in [0.29, 0.717) is 33.7 Å². The summed E-state index contributed by atoms with van der Waals surface area (Å²) < 4.78 is 17.2. The number of carbonyl (C=O) groups excluding carboxylic acids is 3. The molecule has 1 heterocycles. The maximum Gasteiger partial charge on any atom is 0.354 e. The van der Waals surface area contributed by atoms with Crippen LogP contribution in [0.3, 0.4) is 0 Å². The lowest BCUT2D eigenvalue weighted by Gasteiger charge is -2.33. The molecule has 2 aromatic carbocycles. The molecule has 0 bridgehead atoms. The number of carboxylic acid groups (broad SMARTS) is 1. The molecule has 39 heavy (non-hydrogen) atoms. The lowest BCUT2D eigenvalue weighted by molar-refractivity contribution is -0.166. The zero-order valence-corrected chi connectivity index (χ0v) is 21.8. The van der Waals surface area contributed by atoms with Gasteiger partial charge in [-0.2, -0.15) is 0 Å². The van der Waals surface area contributed by atoms with E-state index >= 15 is 0 Å². The van der Waals surface area contributed by atoms with Gasteiger partial charge in [0.2, 0.25) is 0 Å². The summed E-state index contributed by atoms with van der Waals surface area (Å²) in [6.45, 7) is 4.95. The van der Waals surface area contributed by atoms with Crippen LogP contribution in [-0.4, -0.2) is 53.3 Å². The summed E-state index contributed by atoms with van der Waals surface area (Å²) in [6, 6.07) is 3.93. The smallest absolute Gasteiger partial charge is 0.354 e. The number of rotatable bonds is 9. The SMILES string of the molecule is Cc1coc2c1c(OC(=O)CN)c(OC(=O)CNOC(=O)C(O)CC(=O)O)c1c3c(ccc12)C(C)(C)CCC3. The Labute approximate surface area is 222 Å². The molecular weight excluding hydrogens is 512 g/mol. The number of nitrogens with one attached hydrogen (secondary N) is 1. The van der Waals surface area contributed by atoms with Crippen LogP contribution < -0.4 is 20.7 Å². The Hall–Kier alpha value is -4.00. The second-order valence-electron chi connectivity index (χ2n) is 10.0. The zero-order valence-electron chi connectivity index (χ0n) is 21.8. The van der Waals surface area contributed by atoms with Crippen LogP contribution in [0.25, 0.3) is 21.7 Å². The maximum atomic E-state index is 12.9. The lowest BCUT2D eigenvalue weighted by atomic mass is 9.71. The summed E-state index contributed by atoms with van der Waals surface area (Å²) in [5.74, 6) is -4.35. The van der Waals surface area contributed by atoms with Gasteiger partial charge in [0.15, 0.2) is 17.6 Å². The van der Waals surface area contributed by atoms with Gasteiger partial charge in [0, 0.05) is 10.8 Å². The third-order valence-corrected chi connectivity index (χ3v) is 6.78. The number of aliphatic hydroxyl groups is 1. The Kier molecular flexibility index (Phi) is 7.91. The van der Waals surface area contributed by atoms with Crippen molar-refractivity contribution in [1.82, 2.24) is 5.48 Å². The van der Waals surface area contributed by atoms with Crippen LogP contribution in [0.1, 0.15) is 49.8 Å². The highest BCUT2D eigenvalue weighted by molar-refractivity contribution is 6.15. The van der Waals surface area contributed by atoms with Crippen molar-refractivity contribution in [2.45, 2.75) is 58.0 Å². The fraction of sp³-hybridized carbons (Fsp3) is 0.407. The molecule has 4 rings (SSSR count). The number of aliphatic hydroxyl groups excluding tert-OH is 1. The molecular formula is C27H30N2O10. The second-order valence-corrected chi connectivity index (χ2v) is 10.0.